The van der Waals surface area contributed by atoms with Crippen molar-refractivity contribution in [3.63, 3.8) is 0 Å². The fraction of sp³-hybridized carbons (Fsp3) is 0.400. The molecule has 1 amide bonds. The molecule has 0 unspecified atom stereocenters. The second kappa shape index (κ2) is 7.56. The smallest absolute Gasteiger partial charge is 0.269 e. The molecule has 1 aliphatic rings. The lowest BCUT2D eigenvalue weighted by molar-refractivity contribution is 0.102. The van der Waals surface area contributed by atoms with Gasteiger partial charge in [0.1, 0.15) is 0 Å². The molecule has 2 aromatic rings. The number of carbonyl (C=O) groups is 1. The number of ether oxygens (including phenoxy) is 1. The van der Waals surface area contributed by atoms with E-state index < -0.39 is 10.0 Å². The Morgan fingerprint density at radius 2 is 2.16 bits per heavy atom. The van der Waals surface area contributed by atoms with Crippen molar-refractivity contribution in [2.45, 2.75) is 30.2 Å². The summed E-state index contributed by atoms with van der Waals surface area (Å²) in [5.41, 5.74) is 1.31. The Morgan fingerprint density at radius 3 is 2.88 bits per heavy atom. The molecule has 1 aromatic carbocycles. The first-order chi connectivity index (χ1) is 12.0. The molecule has 1 saturated heterocycles. The van der Waals surface area contributed by atoms with E-state index in [1.807, 2.05) is 19.1 Å². The predicted molar refractivity (Wildman–Crippen MR) is 93.2 cm³/mol. The summed E-state index contributed by atoms with van der Waals surface area (Å²) < 4.78 is 32.1. The Bertz CT molecular complexity index is 860. The van der Waals surface area contributed by atoms with E-state index in [4.69, 9.17) is 4.74 Å². The molecule has 0 saturated carbocycles. The highest BCUT2D eigenvalue weighted by Crippen LogP contribution is 2.21. The summed E-state index contributed by atoms with van der Waals surface area (Å²) in [7, 11) is -3.77. The zero-order chi connectivity index (χ0) is 17.9. The third-order valence-corrected chi connectivity index (χ3v) is 6.40. The lowest BCUT2D eigenvalue weighted by Gasteiger charge is -2.09. The standard InChI is InChI=1S/C15H18N4O4S2/c1-10-5-2-3-7-12(10)13(20)17-14-18-19-15(24-14)25(21,22)16-9-11-6-4-8-23-11/h2-3,5,7,11,16H,4,6,8-9H2,1H3,(H,17,18,20)/t11-/m1/s1. The molecule has 3 rings (SSSR count). The molecule has 1 atom stereocenters. The first-order valence-corrected chi connectivity index (χ1v) is 10.1. The summed E-state index contributed by atoms with van der Waals surface area (Å²) in [6, 6.07) is 7.10. The monoisotopic (exact) mass is 382 g/mol. The van der Waals surface area contributed by atoms with Crippen LogP contribution in [-0.4, -0.2) is 43.8 Å². The van der Waals surface area contributed by atoms with Crippen LogP contribution in [0.3, 0.4) is 0 Å². The number of carbonyl (C=O) groups excluding carboxylic acids is 1. The highest BCUT2D eigenvalue weighted by Gasteiger charge is 2.24. The van der Waals surface area contributed by atoms with Crippen LogP contribution in [0.4, 0.5) is 5.13 Å². The average molecular weight is 382 g/mol. The van der Waals surface area contributed by atoms with E-state index in [0.29, 0.717) is 12.2 Å². The first kappa shape index (κ1) is 17.9. The number of anilines is 1. The fourth-order valence-corrected chi connectivity index (χ4v) is 4.43. The van der Waals surface area contributed by atoms with E-state index >= 15 is 0 Å². The second-order valence-electron chi connectivity index (χ2n) is 5.63. The summed E-state index contributed by atoms with van der Waals surface area (Å²) >= 11 is 0.806. The van der Waals surface area contributed by atoms with Gasteiger partial charge in [0.15, 0.2) is 0 Å². The lowest BCUT2D eigenvalue weighted by atomic mass is 10.1. The highest BCUT2D eigenvalue weighted by molar-refractivity contribution is 7.91. The van der Waals surface area contributed by atoms with Gasteiger partial charge in [-0.3, -0.25) is 10.1 Å². The van der Waals surface area contributed by atoms with Gasteiger partial charge in [-0.25, -0.2) is 13.1 Å². The molecule has 2 N–H and O–H groups in total. The third kappa shape index (κ3) is 4.40. The molecule has 10 heteroatoms. The molecule has 0 aliphatic carbocycles. The van der Waals surface area contributed by atoms with E-state index in [-0.39, 0.29) is 28.0 Å². The zero-order valence-electron chi connectivity index (χ0n) is 13.6. The number of nitrogens with one attached hydrogen (secondary N) is 2. The van der Waals surface area contributed by atoms with Crippen molar-refractivity contribution >= 4 is 32.4 Å². The molecular weight excluding hydrogens is 364 g/mol. The van der Waals surface area contributed by atoms with E-state index in [1.54, 1.807) is 12.1 Å². The van der Waals surface area contributed by atoms with Crippen molar-refractivity contribution in [3.8, 4) is 0 Å². The number of sulfonamides is 1. The Hall–Kier alpha value is -1.88. The SMILES string of the molecule is Cc1ccccc1C(=O)Nc1nnc(S(=O)(=O)NC[C@H]2CCCO2)s1. The van der Waals surface area contributed by atoms with Crippen molar-refractivity contribution in [3.05, 3.63) is 35.4 Å². The van der Waals surface area contributed by atoms with Gasteiger partial charge in [-0.05, 0) is 31.4 Å². The molecule has 25 heavy (non-hydrogen) atoms. The molecule has 8 nitrogen and oxygen atoms in total. The third-order valence-electron chi connectivity index (χ3n) is 3.77. The summed E-state index contributed by atoms with van der Waals surface area (Å²) in [5.74, 6) is -0.356. The van der Waals surface area contributed by atoms with Crippen LogP contribution in [0.2, 0.25) is 0 Å². The first-order valence-electron chi connectivity index (χ1n) is 7.77. The van der Waals surface area contributed by atoms with Crippen LogP contribution in [0.5, 0.6) is 0 Å². The number of nitrogens with zero attached hydrogens (tertiary/aromatic N) is 2. The number of aryl methyl sites for hydroxylation is 1. The second-order valence-corrected chi connectivity index (χ2v) is 8.55. The topological polar surface area (TPSA) is 110 Å². The van der Waals surface area contributed by atoms with Gasteiger partial charge in [0, 0.05) is 18.7 Å². The van der Waals surface area contributed by atoms with Gasteiger partial charge < -0.3 is 4.74 Å². The molecule has 1 aromatic heterocycles. The van der Waals surface area contributed by atoms with Crippen LogP contribution in [-0.2, 0) is 14.8 Å². The maximum Gasteiger partial charge on any atom is 0.269 e. The molecule has 0 spiro atoms. The lowest BCUT2D eigenvalue weighted by Crippen LogP contribution is -2.31. The molecule has 134 valence electrons. The van der Waals surface area contributed by atoms with Crippen LogP contribution < -0.4 is 10.0 Å². The summed E-state index contributed by atoms with van der Waals surface area (Å²) in [6.07, 6.45) is 1.65. The summed E-state index contributed by atoms with van der Waals surface area (Å²) in [6.45, 7) is 2.67. The predicted octanol–water partition coefficient (Wildman–Crippen LogP) is 1.56. The van der Waals surface area contributed by atoms with Crippen molar-refractivity contribution in [1.82, 2.24) is 14.9 Å². The molecule has 0 radical (unpaired) electrons. The number of aromatic nitrogens is 2. The Morgan fingerprint density at radius 1 is 1.36 bits per heavy atom. The van der Waals surface area contributed by atoms with Gasteiger partial charge in [-0.1, -0.05) is 29.5 Å². The van der Waals surface area contributed by atoms with E-state index in [2.05, 4.69) is 20.2 Å². The van der Waals surface area contributed by atoms with Gasteiger partial charge in [0.25, 0.3) is 15.9 Å². The minimum atomic E-state index is -3.77. The van der Waals surface area contributed by atoms with Crippen molar-refractivity contribution in [2.75, 3.05) is 18.5 Å². The molecule has 2 heterocycles. The van der Waals surface area contributed by atoms with Crippen LogP contribution in [0, 0.1) is 6.92 Å². The zero-order valence-corrected chi connectivity index (χ0v) is 15.2. The number of rotatable bonds is 6. The Kier molecular flexibility index (Phi) is 5.42. The highest BCUT2D eigenvalue weighted by atomic mass is 32.2. The van der Waals surface area contributed by atoms with Crippen LogP contribution in [0.25, 0.3) is 0 Å². The van der Waals surface area contributed by atoms with Crippen molar-refractivity contribution in [2.24, 2.45) is 0 Å². The molecule has 1 aliphatic heterocycles. The maximum absolute atomic E-state index is 12.2. The largest absolute Gasteiger partial charge is 0.377 e. The van der Waals surface area contributed by atoms with Crippen molar-refractivity contribution in [1.29, 1.82) is 0 Å². The number of amides is 1. The molecular formula is C15H18N4O4S2. The Labute approximate surface area is 149 Å². The van der Waals surface area contributed by atoms with Gasteiger partial charge in [-0.2, -0.15) is 0 Å². The van der Waals surface area contributed by atoms with E-state index in [1.165, 1.54) is 0 Å². The normalized spacial score (nSPS) is 17.6. The van der Waals surface area contributed by atoms with Crippen LogP contribution >= 0.6 is 11.3 Å². The van der Waals surface area contributed by atoms with Crippen molar-refractivity contribution < 1.29 is 17.9 Å². The average Bonchev–Trinajstić information content (AvgIpc) is 3.25. The molecule has 0 bridgehead atoms. The van der Waals surface area contributed by atoms with Gasteiger partial charge in [0.05, 0.1) is 6.10 Å². The number of hydrogen-bond acceptors (Lipinski definition) is 7. The quantitative estimate of drug-likeness (QED) is 0.734. The summed E-state index contributed by atoms with van der Waals surface area (Å²) in [5, 5.41) is 10.1. The van der Waals surface area contributed by atoms with Gasteiger partial charge >= 0.3 is 0 Å². The Balaban J connectivity index is 1.65. The number of benzene rings is 1. The van der Waals surface area contributed by atoms with Crippen LogP contribution in [0.15, 0.2) is 28.6 Å². The summed E-state index contributed by atoms with van der Waals surface area (Å²) in [4.78, 5) is 12.2. The van der Waals surface area contributed by atoms with Gasteiger partial charge in [-0.15, -0.1) is 10.2 Å². The van der Waals surface area contributed by atoms with Gasteiger partial charge in [0.2, 0.25) is 9.47 Å². The van der Waals surface area contributed by atoms with E-state index in [0.717, 1.165) is 29.7 Å². The van der Waals surface area contributed by atoms with E-state index in [9.17, 15) is 13.2 Å². The van der Waals surface area contributed by atoms with Crippen LogP contribution in [0.1, 0.15) is 28.8 Å². The minimum absolute atomic E-state index is 0.108. The fourth-order valence-electron chi connectivity index (χ4n) is 2.43. The maximum atomic E-state index is 12.2. The number of hydrogen-bond donors (Lipinski definition) is 2. The molecule has 1 fully saturated rings. The minimum Gasteiger partial charge on any atom is -0.377 e.